The number of carbonyl (C=O) groups is 2. The third-order valence-electron chi connectivity index (χ3n) is 3.79. The minimum atomic E-state index is -0.586. The van der Waals surface area contributed by atoms with Crippen molar-refractivity contribution >= 4 is 11.8 Å². The van der Waals surface area contributed by atoms with E-state index < -0.39 is 11.8 Å². The van der Waals surface area contributed by atoms with E-state index in [2.05, 4.69) is 16.7 Å². The third kappa shape index (κ3) is 5.39. The molecule has 0 radical (unpaired) electrons. The van der Waals surface area contributed by atoms with Crippen molar-refractivity contribution < 1.29 is 14.0 Å². The molecule has 0 saturated heterocycles. The van der Waals surface area contributed by atoms with Crippen molar-refractivity contribution in [1.29, 1.82) is 0 Å². The van der Waals surface area contributed by atoms with Gasteiger partial charge in [0.1, 0.15) is 5.76 Å². The van der Waals surface area contributed by atoms with Crippen LogP contribution in [0.1, 0.15) is 44.8 Å². The Morgan fingerprint density at radius 1 is 1.32 bits per heavy atom. The van der Waals surface area contributed by atoms with E-state index in [4.69, 9.17) is 4.42 Å². The highest BCUT2D eigenvalue weighted by Crippen LogP contribution is 2.19. The molecule has 0 spiro atoms. The molecule has 2 rings (SSSR count). The zero-order valence-electron chi connectivity index (χ0n) is 13.1. The fourth-order valence-corrected chi connectivity index (χ4v) is 2.62. The summed E-state index contributed by atoms with van der Waals surface area (Å²) in [4.78, 5) is 23.6. The van der Waals surface area contributed by atoms with Crippen LogP contribution in [0.25, 0.3) is 0 Å². The summed E-state index contributed by atoms with van der Waals surface area (Å²) in [6, 6.07) is 3.50. The summed E-state index contributed by atoms with van der Waals surface area (Å²) in [5, 5.41) is 5.36. The van der Waals surface area contributed by atoms with E-state index >= 15 is 0 Å². The molecule has 0 aromatic carbocycles. The van der Waals surface area contributed by atoms with Gasteiger partial charge in [-0.3, -0.25) is 9.59 Å². The van der Waals surface area contributed by atoms with Gasteiger partial charge >= 0.3 is 11.8 Å². The van der Waals surface area contributed by atoms with E-state index in [9.17, 15) is 9.59 Å². The normalized spacial score (nSPS) is 15.8. The molecule has 1 aliphatic carbocycles. The van der Waals surface area contributed by atoms with Crippen LogP contribution in [-0.4, -0.2) is 24.4 Å². The van der Waals surface area contributed by atoms with Crippen LogP contribution in [0.3, 0.4) is 0 Å². The van der Waals surface area contributed by atoms with Crippen LogP contribution in [0, 0.1) is 0 Å². The highest BCUT2D eigenvalue weighted by molar-refractivity contribution is 6.35. The number of rotatable bonds is 6. The lowest BCUT2D eigenvalue weighted by Crippen LogP contribution is -2.44. The molecule has 1 aromatic rings. The maximum absolute atomic E-state index is 11.8. The van der Waals surface area contributed by atoms with E-state index in [1.165, 1.54) is 18.4 Å². The minimum absolute atomic E-state index is 0.148. The van der Waals surface area contributed by atoms with Crippen molar-refractivity contribution in [3.8, 4) is 0 Å². The number of allylic oxidation sites excluding steroid dienone is 1. The van der Waals surface area contributed by atoms with Gasteiger partial charge in [0.15, 0.2) is 0 Å². The number of carbonyl (C=O) groups excluding carboxylic acids is 2. The maximum Gasteiger partial charge on any atom is 0.309 e. The van der Waals surface area contributed by atoms with Gasteiger partial charge in [0.05, 0.1) is 6.26 Å². The average Bonchev–Trinajstić information content (AvgIpc) is 3.00. The van der Waals surface area contributed by atoms with Gasteiger partial charge in [-0.15, -0.1) is 0 Å². The Morgan fingerprint density at radius 3 is 2.86 bits per heavy atom. The van der Waals surface area contributed by atoms with Crippen molar-refractivity contribution in [2.24, 2.45) is 0 Å². The van der Waals surface area contributed by atoms with Crippen LogP contribution in [0.4, 0.5) is 0 Å². The van der Waals surface area contributed by atoms with Crippen LogP contribution in [0.5, 0.6) is 0 Å². The second-order valence-corrected chi connectivity index (χ2v) is 5.77. The molecule has 1 aromatic heterocycles. The van der Waals surface area contributed by atoms with Crippen molar-refractivity contribution in [3.63, 3.8) is 0 Å². The summed E-state index contributed by atoms with van der Waals surface area (Å²) in [5.74, 6) is -0.364. The van der Waals surface area contributed by atoms with Gasteiger partial charge in [-0.05, 0) is 51.2 Å². The quantitative estimate of drug-likeness (QED) is 0.626. The van der Waals surface area contributed by atoms with Gasteiger partial charge in [-0.2, -0.15) is 0 Å². The van der Waals surface area contributed by atoms with Crippen LogP contribution in [0.15, 0.2) is 34.5 Å². The Morgan fingerprint density at radius 2 is 2.18 bits per heavy atom. The van der Waals surface area contributed by atoms with E-state index in [1.807, 2.05) is 13.0 Å². The standard InChI is InChI=1S/C17H24N2O3/c1-13(12-15-8-5-11-22-15)19-17(21)16(20)18-10-9-14-6-3-2-4-7-14/h5-6,8,11,13H,2-4,7,9-10,12H2,1H3,(H,18,20)(H,19,21). The molecule has 120 valence electrons. The largest absolute Gasteiger partial charge is 0.469 e. The van der Waals surface area contributed by atoms with Crippen LogP contribution >= 0.6 is 0 Å². The average molecular weight is 304 g/mol. The summed E-state index contributed by atoms with van der Waals surface area (Å²) in [6.07, 6.45) is 9.98. The van der Waals surface area contributed by atoms with Gasteiger partial charge < -0.3 is 15.1 Å². The Labute approximate surface area is 131 Å². The topological polar surface area (TPSA) is 71.3 Å². The lowest BCUT2D eigenvalue weighted by Gasteiger charge is -2.14. The number of amides is 2. The molecule has 2 amide bonds. The summed E-state index contributed by atoms with van der Waals surface area (Å²) >= 11 is 0. The van der Waals surface area contributed by atoms with Crippen LogP contribution in [-0.2, 0) is 16.0 Å². The summed E-state index contributed by atoms with van der Waals surface area (Å²) in [7, 11) is 0. The number of hydrogen-bond donors (Lipinski definition) is 2. The van der Waals surface area contributed by atoms with Crippen molar-refractivity contribution in [3.05, 3.63) is 35.8 Å². The summed E-state index contributed by atoms with van der Waals surface area (Å²) in [5.41, 5.74) is 1.39. The molecule has 0 bridgehead atoms. The smallest absolute Gasteiger partial charge is 0.309 e. The first kappa shape index (κ1) is 16.3. The zero-order chi connectivity index (χ0) is 15.8. The molecule has 0 fully saturated rings. The lowest BCUT2D eigenvalue weighted by molar-refractivity contribution is -0.139. The van der Waals surface area contributed by atoms with E-state index in [0.29, 0.717) is 13.0 Å². The Bertz CT molecular complexity index is 520. The van der Waals surface area contributed by atoms with E-state index in [0.717, 1.165) is 25.0 Å². The van der Waals surface area contributed by atoms with E-state index in [-0.39, 0.29) is 6.04 Å². The Hall–Kier alpha value is -2.04. The fourth-order valence-electron chi connectivity index (χ4n) is 2.62. The molecule has 1 unspecified atom stereocenters. The van der Waals surface area contributed by atoms with Crippen LogP contribution < -0.4 is 10.6 Å². The fraction of sp³-hybridized carbons (Fsp3) is 0.529. The van der Waals surface area contributed by atoms with Gasteiger partial charge in [-0.1, -0.05) is 11.6 Å². The van der Waals surface area contributed by atoms with Crippen LogP contribution in [0.2, 0.25) is 0 Å². The number of nitrogens with one attached hydrogen (secondary N) is 2. The molecule has 5 nitrogen and oxygen atoms in total. The first-order valence-electron chi connectivity index (χ1n) is 7.94. The number of furan rings is 1. The third-order valence-corrected chi connectivity index (χ3v) is 3.79. The second kappa shape index (κ2) is 8.41. The monoisotopic (exact) mass is 304 g/mol. The molecule has 1 atom stereocenters. The van der Waals surface area contributed by atoms with Crippen molar-refractivity contribution in [2.45, 2.75) is 51.5 Å². The predicted octanol–water partition coefficient (Wildman–Crippen LogP) is 2.33. The van der Waals surface area contributed by atoms with Gasteiger partial charge in [-0.25, -0.2) is 0 Å². The molecule has 0 saturated carbocycles. The molecule has 1 heterocycles. The SMILES string of the molecule is CC(Cc1ccco1)NC(=O)C(=O)NCCC1=CCCCC1. The highest BCUT2D eigenvalue weighted by atomic mass is 16.3. The second-order valence-electron chi connectivity index (χ2n) is 5.77. The molecule has 2 N–H and O–H groups in total. The molecular formula is C17H24N2O3. The van der Waals surface area contributed by atoms with Gasteiger partial charge in [0.25, 0.3) is 0 Å². The van der Waals surface area contributed by atoms with Crippen molar-refractivity contribution in [1.82, 2.24) is 10.6 Å². The first-order chi connectivity index (χ1) is 10.6. The predicted molar refractivity (Wildman–Crippen MR) is 84.2 cm³/mol. The molecule has 0 aliphatic heterocycles. The Kier molecular flexibility index (Phi) is 6.25. The van der Waals surface area contributed by atoms with Gasteiger partial charge in [0, 0.05) is 19.0 Å². The molecule has 22 heavy (non-hydrogen) atoms. The first-order valence-corrected chi connectivity index (χ1v) is 7.94. The highest BCUT2D eigenvalue weighted by Gasteiger charge is 2.16. The van der Waals surface area contributed by atoms with Crippen molar-refractivity contribution in [2.75, 3.05) is 6.54 Å². The molecule has 5 heteroatoms. The summed E-state index contributed by atoms with van der Waals surface area (Å²) < 4.78 is 5.22. The lowest BCUT2D eigenvalue weighted by atomic mass is 9.97. The van der Waals surface area contributed by atoms with Gasteiger partial charge in [0.2, 0.25) is 0 Å². The minimum Gasteiger partial charge on any atom is -0.469 e. The maximum atomic E-state index is 11.8. The molecule has 1 aliphatic rings. The molecular weight excluding hydrogens is 280 g/mol. The summed E-state index contributed by atoms with van der Waals surface area (Å²) in [6.45, 7) is 2.37. The Balaban J connectivity index is 1.65. The zero-order valence-corrected chi connectivity index (χ0v) is 13.1. The number of hydrogen-bond acceptors (Lipinski definition) is 3. The van der Waals surface area contributed by atoms with E-state index in [1.54, 1.807) is 12.3 Å².